The van der Waals surface area contributed by atoms with Crippen LogP contribution in [0.3, 0.4) is 0 Å². The Hall–Kier alpha value is -2.05. The average molecular weight is 354 g/mol. The van der Waals surface area contributed by atoms with Gasteiger partial charge in [-0.2, -0.15) is 0 Å². The van der Waals surface area contributed by atoms with Gasteiger partial charge in [0.25, 0.3) is 0 Å². The van der Waals surface area contributed by atoms with E-state index in [1.54, 1.807) is 23.7 Å². The van der Waals surface area contributed by atoms with Crippen molar-refractivity contribution in [3.63, 3.8) is 0 Å². The van der Waals surface area contributed by atoms with Gasteiger partial charge in [-0.3, -0.25) is 4.98 Å². The Labute approximate surface area is 151 Å². The number of pyridine rings is 1. The third kappa shape index (κ3) is 3.00. The van der Waals surface area contributed by atoms with Crippen LogP contribution in [-0.2, 0) is 12.8 Å². The predicted octanol–water partition coefficient (Wildman–Crippen LogP) is 3.81. The second kappa shape index (κ2) is 6.04. The number of hydrogen-bond acceptors (Lipinski definition) is 6. The lowest BCUT2D eigenvalue weighted by atomic mass is 10.0. The Bertz CT molecular complexity index is 915. The van der Waals surface area contributed by atoms with Crippen LogP contribution in [0, 0.1) is 0 Å². The Morgan fingerprint density at radius 3 is 2.84 bits per heavy atom. The minimum absolute atomic E-state index is 0.135. The molecule has 0 amide bonds. The molecule has 130 valence electrons. The fraction of sp³-hybridized carbons (Fsp3) is 0.421. The number of aliphatic hydroxyl groups is 1. The van der Waals surface area contributed by atoms with Crippen LogP contribution in [0.1, 0.15) is 37.6 Å². The molecule has 0 spiro atoms. The summed E-state index contributed by atoms with van der Waals surface area (Å²) in [5, 5.41) is 14.9. The number of nitrogens with zero attached hydrogens (tertiary/aromatic N) is 3. The van der Waals surface area contributed by atoms with E-state index in [0.717, 1.165) is 34.4 Å². The molecule has 5 nitrogen and oxygen atoms in total. The Balaban J connectivity index is 1.88. The first-order valence-electron chi connectivity index (χ1n) is 8.65. The molecule has 6 heteroatoms. The van der Waals surface area contributed by atoms with Crippen LogP contribution >= 0.6 is 11.3 Å². The number of fused-ring (bicyclic) bond motifs is 3. The van der Waals surface area contributed by atoms with Crippen LogP contribution in [0.5, 0.6) is 0 Å². The highest BCUT2D eigenvalue weighted by Crippen LogP contribution is 2.40. The summed E-state index contributed by atoms with van der Waals surface area (Å²) in [5.74, 6) is 1.49. The van der Waals surface area contributed by atoms with Gasteiger partial charge >= 0.3 is 0 Å². The fourth-order valence-electron chi connectivity index (χ4n) is 3.11. The van der Waals surface area contributed by atoms with E-state index in [-0.39, 0.29) is 6.04 Å². The van der Waals surface area contributed by atoms with Crippen molar-refractivity contribution in [1.82, 2.24) is 15.0 Å². The maximum absolute atomic E-state index is 10.3. The molecule has 4 rings (SSSR count). The van der Waals surface area contributed by atoms with Gasteiger partial charge in [-0.05, 0) is 57.7 Å². The maximum Gasteiger partial charge on any atom is 0.164 e. The van der Waals surface area contributed by atoms with Crippen molar-refractivity contribution in [1.29, 1.82) is 0 Å². The molecule has 2 N–H and O–H groups in total. The molecule has 0 bridgehead atoms. The summed E-state index contributed by atoms with van der Waals surface area (Å²) in [4.78, 5) is 16.2. The van der Waals surface area contributed by atoms with Gasteiger partial charge in [0.1, 0.15) is 10.6 Å². The fourth-order valence-corrected chi connectivity index (χ4v) is 4.37. The van der Waals surface area contributed by atoms with E-state index >= 15 is 0 Å². The monoisotopic (exact) mass is 354 g/mol. The first kappa shape index (κ1) is 16.4. The molecule has 0 saturated heterocycles. The molecule has 1 atom stereocenters. The molecule has 25 heavy (non-hydrogen) atoms. The molecule has 0 aromatic carbocycles. The van der Waals surface area contributed by atoms with Gasteiger partial charge < -0.3 is 10.4 Å². The third-order valence-electron chi connectivity index (χ3n) is 4.90. The molecule has 0 aliphatic heterocycles. The molecule has 0 fully saturated rings. The molecule has 3 aromatic rings. The molecular formula is C19H22N4OS. The quantitative estimate of drug-likeness (QED) is 0.745. The van der Waals surface area contributed by atoms with Crippen LogP contribution in [0.25, 0.3) is 21.6 Å². The van der Waals surface area contributed by atoms with E-state index in [2.05, 4.69) is 10.3 Å². The van der Waals surface area contributed by atoms with Gasteiger partial charge in [-0.15, -0.1) is 11.3 Å². The van der Waals surface area contributed by atoms with Crippen molar-refractivity contribution in [2.45, 2.75) is 51.7 Å². The van der Waals surface area contributed by atoms with Crippen LogP contribution < -0.4 is 5.32 Å². The van der Waals surface area contributed by atoms with Gasteiger partial charge in [0.15, 0.2) is 5.82 Å². The van der Waals surface area contributed by atoms with Crippen LogP contribution in [0.15, 0.2) is 24.5 Å². The van der Waals surface area contributed by atoms with Crippen LogP contribution in [0.4, 0.5) is 5.82 Å². The number of aryl methyl sites for hydroxylation is 2. The Kier molecular flexibility index (Phi) is 3.96. The number of thiophene rings is 1. The molecule has 1 unspecified atom stereocenters. The highest BCUT2D eigenvalue weighted by atomic mass is 32.1. The number of hydrogen-bond donors (Lipinski definition) is 2. The summed E-state index contributed by atoms with van der Waals surface area (Å²) in [6.45, 7) is 5.59. The van der Waals surface area contributed by atoms with Crippen molar-refractivity contribution in [3.05, 3.63) is 35.0 Å². The van der Waals surface area contributed by atoms with Crippen LogP contribution in [0.2, 0.25) is 0 Å². The van der Waals surface area contributed by atoms with Crippen molar-refractivity contribution in [2.75, 3.05) is 5.32 Å². The van der Waals surface area contributed by atoms with Gasteiger partial charge in [0.2, 0.25) is 0 Å². The maximum atomic E-state index is 10.3. The summed E-state index contributed by atoms with van der Waals surface area (Å²) in [5.41, 5.74) is 1.44. The minimum atomic E-state index is -0.842. The standard InChI is InChI=1S/C19H22N4OS/c1-11(19(2,3)24)21-17-15-13-7-4-8-14(13)25-18(15)23-16(22-17)12-6-5-9-20-10-12/h5-6,9-11,24H,4,7-8H2,1-3H3,(H,21,22,23). The molecule has 0 radical (unpaired) electrons. The van der Waals surface area contributed by atoms with Gasteiger partial charge in [0, 0.05) is 22.8 Å². The minimum Gasteiger partial charge on any atom is -0.388 e. The van der Waals surface area contributed by atoms with Crippen molar-refractivity contribution in [2.24, 2.45) is 0 Å². The highest BCUT2D eigenvalue weighted by Gasteiger charge is 2.27. The molecule has 0 saturated carbocycles. The normalized spacial score (nSPS) is 15.4. The number of nitrogens with one attached hydrogen (secondary N) is 1. The first-order valence-corrected chi connectivity index (χ1v) is 9.47. The lowest BCUT2D eigenvalue weighted by molar-refractivity contribution is 0.0648. The summed E-state index contributed by atoms with van der Waals surface area (Å²) >= 11 is 1.77. The second-order valence-electron chi connectivity index (χ2n) is 7.19. The van der Waals surface area contributed by atoms with E-state index in [1.165, 1.54) is 16.9 Å². The first-order chi connectivity index (χ1) is 11.9. The zero-order chi connectivity index (χ0) is 17.6. The molecular weight excluding hydrogens is 332 g/mol. The largest absolute Gasteiger partial charge is 0.388 e. The van der Waals surface area contributed by atoms with E-state index in [1.807, 2.05) is 32.9 Å². The van der Waals surface area contributed by atoms with Crippen molar-refractivity contribution >= 4 is 27.4 Å². The van der Waals surface area contributed by atoms with Gasteiger partial charge in [-0.1, -0.05) is 0 Å². The van der Waals surface area contributed by atoms with Crippen molar-refractivity contribution < 1.29 is 5.11 Å². The van der Waals surface area contributed by atoms with E-state index in [0.29, 0.717) is 5.82 Å². The van der Waals surface area contributed by atoms with Gasteiger partial charge in [0.05, 0.1) is 17.0 Å². The number of anilines is 1. The van der Waals surface area contributed by atoms with Gasteiger partial charge in [-0.25, -0.2) is 9.97 Å². The predicted molar refractivity (Wildman–Crippen MR) is 102 cm³/mol. The summed E-state index contributed by atoms with van der Waals surface area (Å²) < 4.78 is 0. The topological polar surface area (TPSA) is 70.9 Å². The second-order valence-corrected chi connectivity index (χ2v) is 8.28. The smallest absolute Gasteiger partial charge is 0.164 e. The molecule has 1 aliphatic carbocycles. The summed E-state index contributed by atoms with van der Waals surface area (Å²) in [6, 6.07) is 3.73. The molecule has 3 aromatic heterocycles. The Morgan fingerprint density at radius 1 is 1.28 bits per heavy atom. The Morgan fingerprint density at radius 2 is 2.12 bits per heavy atom. The number of aromatic nitrogens is 3. The average Bonchev–Trinajstić information content (AvgIpc) is 3.15. The number of rotatable bonds is 4. The van der Waals surface area contributed by atoms with E-state index < -0.39 is 5.60 Å². The van der Waals surface area contributed by atoms with Crippen molar-refractivity contribution in [3.8, 4) is 11.4 Å². The highest BCUT2D eigenvalue weighted by molar-refractivity contribution is 7.19. The lowest BCUT2D eigenvalue weighted by Crippen LogP contribution is -2.39. The summed E-state index contributed by atoms with van der Waals surface area (Å²) in [6.07, 6.45) is 6.93. The van der Waals surface area contributed by atoms with E-state index in [4.69, 9.17) is 9.97 Å². The molecule has 1 aliphatic rings. The third-order valence-corrected chi connectivity index (χ3v) is 6.08. The summed E-state index contributed by atoms with van der Waals surface area (Å²) in [7, 11) is 0. The molecule has 3 heterocycles. The zero-order valence-electron chi connectivity index (χ0n) is 14.7. The lowest BCUT2D eigenvalue weighted by Gasteiger charge is -2.27. The zero-order valence-corrected chi connectivity index (χ0v) is 15.5. The van der Waals surface area contributed by atoms with E-state index in [9.17, 15) is 5.11 Å². The SMILES string of the molecule is CC(Nc1nc(-c2cccnc2)nc2sc3c(c12)CCC3)C(C)(C)O. The van der Waals surface area contributed by atoms with Crippen LogP contribution in [-0.4, -0.2) is 31.7 Å².